The number of unbranched alkanes of at least 4 members (excludes halogenated alkanes) is 5. The van der Waals surface area contributed by atoms with Crippen molar-refractivity contribution in [3.63, 3.8) is 0 Å². The van der Waals surface area contributed by atoms with Crippen molar-refractivity contribution in [1.29, 1.82) is 0 Å². The predicted molar refractivity (Wildman–Crippen MR) is 170 cm³/mol. The molecule has 4 aromatic rings. The van der Waals surface area contributed by atoms with E-state index in [0.29, 0.717) is 11.5 Å². The van der Waals surface area contributed by atoms with Gasteiger partial charge in [-0.2, -0.15) is 0 Å². The van der Waals surface area contributed by atoms with Crippen molar-refractivity contribution in [2.24, 2.45) is 0 Å². The Hall–Kier alpha value is -3.52. The SMILES string of the molecule is CC(C)c1cc(CCCCCCCCc2cc(-c3ccccc3)c(O)c(C(C)C)c2)cc(-c2ccccc2)c1O. The Morgan fingerprint density at radius 1 is 0.475 bits per heavy atom. The molecule has 2 N–H and O–H groups in total. The molecule has 0 saturated carbocycles. The van der Waals surface area contributed by atoms with Crippen LogP contribution in [-0.2, 0) is 12.8 Å². The molecule has 40 heavy (non-hydrogen) atoms. The van der Waals surface area contributed by atoms with E-state index in [1.54, 1.807) is 0 Å². The molecule has 0 amide bonds. The van der Waals surface area contributed by atoms with Crippen LogP contribution in [0.2, 0.25) is 0 Å². The molecule has 210 valence electrons. The van der Waals surface area contributed by atoms with E-state index in [4.69, 9.17) is 0 Å². The normalized spacial score (nSPS) is 11.4. The maximum Gasteiger partial charge on any atom is 0.126 e. The van der Waals surface area contributed by atoms with Crippen LogP contribution in [0.3, 0.4) is 0 Å². The fourth-order valence-electron chi connectivity index (χ4n) is 5.65. The quantitative estimate of drug-likeness (QED) is 0.167. The van der Waals surface area contributed by atoms with Crippen molar-refractivity contribution >= 4 is 0 Å². The van der Waals surface area contributed by atoms with Crippen LogP contribution < -0.4 is 0 Å². The summed E-state index contributed by atoms with van der Waals surface area (Å²) in [5, 5.41) is 21.9. The van der Waals surface area contributed by atoms with Gasteiger partial charge in [-0.1, -0.05) is 126 Å². The molecule has 4 rings (SSSR count). The van der Waals surface area contributed by atoms with Crippen LogP contribution in [0.5, 0.6) is 11.5 Å². The fraction of sp³-hybridized carbons (Fsp3) is 0.368. The fourth-order valence-corrected chi connectivity index (χ4v) is 5.65. The third-order valence-corrected chi connectivity index (χ3v) is 7.99. The minimum absolute atomic E-state index is 0.288. The maximum absolute atomic E-state index is 10.9. The third kappa shape index (κ3) is 7.56. The number of phenolic OH excluding ortho intramolecular Hbond substituents is 2. The minimum atomic E-state index is 0.288. The second kappa shape index (κ2) is 14.2. The first kappa shape index (κ1) is 29.5. The summed E-state index contributed by atoms with van der Waals surface area (Å²) in [6, 6.07) is 29.2. The van der Waals surface area contributed by atoms with E-state index in [1.807, 2.05) is 36.4 Å². The van der Waals surface area contributed by atoms with Gasteiger partial charge < -0.3 is 10.2 Å². The monoisotopic (exact) mass is 534 g/mol. The minimum Gasteiger partial charge on any atom is -0.507 e. The van der Waals surface area contributed by atoms with Gasteiger partial charge in [0, 0.05) is 11.1 Å². The van der Waals surface area contributed by atoms with Gasteiger partial charge in [-0.05, 0) is 83.0 Å². The molecule has 0 atom stereocenters. The molecule has 0 saturated heterocycles. The molecule has 0 spiro atoms. The lowest BCUT2D eigenvalue weighted by molar-refractivity contribution is 0.466. The lowest BCUT2D eigenvalue weighted by Gasteiger charge is -2.16. The van der Waals surface area contributed by atoms with Crippen molar-refractivity contribution in [3.05, 3.63) is 107 Å². The summed E-state index contributed by atoms with van der Waals surface area (Å²) in [6.45, 7) is 8.60. The molecule has 0 unspecified atom stereocenters. The van der Waals surface area contributed by atoms with Gasteiger partial charge in [0.25, 0.3) is 0 Å². The Balaban J connectivity index is 1.27. The first-order valence-electron chi connectivity index (χ1n) is 15.2. The van der Waals surface area contributed by atoms with E-state index in [-0.39, 0.29) is 11.8 Å². The molecule has 0 aliphatic heterocycles. The van der Waals surface area contributed by atoms with E-state index in [2.05, 4.69) is 76.2 Å². The maximum atomic E-state index is 10.9. The zero-order valence-corrected chi connectivity index (χ0v) is 24.8. The molecule has 0 heterocycles. The Morgan fingerprint density at radius 3 is 1.18 bits per heavy atom. The van der Waals surface area contributed by atoms with Crippen molar-refractivity contribution in [2.45, 2.75) is 90.9 Å². The molecule has 0 radical (unpaired) electrons. The molecular formula is C38H46O2. The van der Waals surface area contributed by atoms with Gasteiger partial charge in [0.15, 0.2) is 0 Å². The van der Waals surface area contributed by atoms with E-state index in [0.717, 1.165) is 46.2 Å². The standard InChI is InChI=1S/C38H46O2/c1-27(2)33-23-29(25-35(37(33)39)31-19-13-9-14-20-31)17-11-7-5-6-8-12-18-30-24-34(28(3)4)38(40)36(26-30)32-21-15-10-16-22-32/h9-10,13-16,19-28,39-40H,5-8,11-12,17-18H2,1-4H3. The van der Waals surface area contributed by atoms with Crippen LogP contribution in [-0.4, -0.2) is 10.2 Å². The zero-order valence-electron chi connectivity index (χ0n) is 24.8. The summed E-state index contributed by atoms with van der Waals surface area (Å²) in [5.74, 6) is 1.43. The number of benzene rings is 4. The van der Waals surface area contributed by atoms with Crippen LogP contribution in [0.15, 0.2) is 84.9 Å². The average molecular weight is 535 g/mol. The van der Waals surface area contributed by atoms with Crippen molar-refractivity contribution in [3.8, 4) is 33.8 Å². The number of aromatic hydroxyl groups is 2. The molecule has 0 aliphatic carbocycles. The highest BCUT2D eigenvalue weighted by Gasteiger charge is 2.15. The number of aryl methyl sites for hydroxylation is 2. The van der Waals surface area contributed by atoms with Gasteiger partial charge in [-0.25, -0.2) is 0 Å². The smallest absolute Gasteiger partial charge is 0.126 e. The Morgan fingerprint density at radius 2 is 0.825 bits per heavy atom. The lowest BCUT2D eigenvalue weighted by Crippen LogP contribution is -1.96. The van der Waals surface area contributed by atoms with E-state index < -0.39 is 0 Å². The summed E-state index contributed by atoms with van der Waals surface area (Å²) in [7, 11) is 0. The Kier molecular flexibility index (Phi) is 10.5. The second-order valence-electron chi connectivity index (χ2n) is 11.8. The van der Waals surface area contributed by atoms with Crippen LogP contribution in [0.25, 0.3) is 22.3 Å². The summed E-state index contributed by atoms with van der Waals surface area (Å²) >= 11 is 0. The molecule has 0 bridgehead atoms. The Labute approximate surface area is 241 Å². The summed E-state index contributed by atoms with van der Waals surface area (Å²) in [4.78, 5) is 0. The highest BCUT2D eigenvalue weighted by molar-refractivity contribution is 5.74. The lowest BCUT2D eigenvalue weighted by atomic mass is 9.91. The molecule has 0 aromatic heterocycles. The predicted octanol–water partition coefficient (Wildman–Crippen LogP) is 10.8. The molecule has 0 aliphatic rings. The molecule has 2 heteroatoms. The van der Waals surface area contributed by atoms with Gasteiger partial charge in [-0.15, -0.1) is 0 Å². The summed E-state index contributed by atoms with van der Waals surface area (Å²) < 4.78 is 0. The van der Waals surface area contributed by atoms with Crippen LogP contribution in [0, 0.1) is 0 Å². The van der Waals surface area contributed by atoms with E-state index >= 15 is 0 Å². The largest absolute Gasteiger partial charge is 0.507 e. The zero-order chi connectivity index (χ0) is 28.5. The van der Waals surface area contributed by atoms with Crippen LogP contribution in [0.4, 0.5) is 0 Å². The molecular weight excluding hydrogens is 488 g/mol. The molecule has 2 nitrogen and oxygen atoms in total. The number of hydrogen-bond acceptors (Lipinski definition) is 2. The van der Waals surface area contributed by atoms with Gasteiger partial charge >= 0.3 is 0 Å². The van der Waals surface area contributed by atoms with Crippen molar-refractivity contribution < 1.29 is 10.2 Å². The first-order chi connectivity index (χ1) is 19.3. The van der Waals surface area contributed by atoms with Crippen molar-refractivity contribution in [1.82, 2.24) is 0 Å². The highest BCUT2D eigenvalue weighted by atomic mass is 16.3. The van der Waals surface area contributed by atoms with Gasteiger partial charge in [-0.3, -0.25) is 0 Å². The topological polar surface area (TPSA) is 40.5 Å². The Bertz CT molecular complexity index is 1250. The number of hydrogen-bond donors (Lipinski definition) is 2. The summed E-state index contributed by atoms with van der Waals surface area (Å²) in [5.41, 5.74) is 8.79. The van der Waals surface area contributed by atoms with Crippen LogP contribution >= 0.6 is 0 Å². The molecule has 0 fully saturated rings. The molecule has 4 aromatic carbocycles. The van der Waals surface area contributed by atoms with Gasteiger partial charge in [0.05, 0.1) is 0 Å². The van der Waals surface area contributed by atoms with Crippen molar-refractivity contribution in [2.75, 3.05) is 0 Å². The average Bonchev–Trinajstić information content (AvgIpc) is 2.96. The van der Waals surface area contributed by atoms with E-state index in [9.17, 15) is 10.2 Å². The van der Waals surface area contributed by atoms with E-state index in [1.165, 1.54) is 49.7 Å². The number of rotatable bonds is 13. The first-order valence-corrected chi connectivity index (χ1v) is 15.2. The second-order valence-corrected chi connectivity index (χ2v) is 11.8. The van der Waals surface area contributed by atoms with Gasteiger partial charge in [0.2, 0.25) is 0 Å². The van der Waals surface area contributed by atoms with Crippen LogP contribution in [0.1, 0.15) is 100 Å². The number of phenols is 2. The third-order valence-electron chi connectivity index (χ3n) is 7.99. The van der Waals surface area contributed by atoms with Gasteiger partial charge in [0.1, 0.15) is 11.5 Å². The summed E-state index contributed by atoms with van der Waals surface area (Å²) in [6.07, 6.45) is 9.41. The highest BCUT2D eigenvalue weighted by Crippen LogP contribution is 2.39.